The summed E-state index contributed by atoms with van der Waals surface area (Å²) < 4.78 is 5.92. The molecule has 0 aliphatic carbocycles. The lowest BCUT2D eigenvalue weighted by atomic mass is 9.93. The highest BCUT2D eigenvalue weighted by Gasteiger charge is 2.38. The van der Waals surface area contributed by atoms with Gasteiger partial charge in [-0.05, 0) is 51.5 Å². The summed E-state index contributed by atoms with van der Waals surface area (Å²) in [5.74, 6) is 1.05. The van der Waals surface area contributed by atoms with E-state index in [2.05, 4.69) is 13.8 Å². The van der Waals surface area contributed by atoms with Crippen molar-refractivity contribution >= 4 is 11.8 Å². The Morgan fingerprint density at radius 3 is 2.26 bits per heavy atom. The van der Waals surface area contributed by atoms with Crippen LogP contribution in [0.1, 0.15) is 64.4 Å². The van der Waals surface area contributed by atoms with Crippen LogP contribution in [0, 0.1) is 5.41 Å². The van der Waals surface area contributed by atoms with Gasteiger partial charge in [0.05, 0.1) is 0 Å². The van der Waals surface area contributed by atoms with Gasteiger partial charge in [0.2, 0.25) is 5.91 Å². The zero-order valence-electron chi connectivity index (χ0n) is 17.6. The van der Waals surface area contributed by atoms with Crippen molar-refractivity contribution in [2.24, 2.45) is 5.41 Å². The Morgan fingerprint density at radius 2 is 1.70 bits per heavy atom. The highest BCUT2D eigenvalue weighted by atomic mass is 16.5. The fraction of sp³-hybridized carbons (Fsp3) is 0.636. The topological polar surface area (TPSA) is 49.9 Å². The standard InChI is InChI=1S/C22H32N2O3/c1-14-12-23(20(26)21(3,4)5)13-15(2)24(14)19(25)16-8-9-18-17(10-16)11-22(6,7)27-18/h8-10,14-15H,11-13H2,1-7H3. The van der Waals surface area contributed by atoms with Gasteiger partial charge in [0.15, 0.2) is 0 Å². The molecule has 2 amide bonds. The molecule has 2 unspecified atom stereocenters. The molecule has 5 heteroatoms. The van der Waals surface area contributed by atoms with Crippen LogP contribution in [0.15, 0.2) is 18.2 Å². The molecule has 2 aliphatic heterocycles. The Labute approximate surface area is 162 Å². The monoisotopic (exact) mass is 372 g/mol. The molecular weight excluding hydrogens is 340 g/mol. The SMILES string of the molecule is CC1CN(C(=O)C(C)(C)C)CC(C)N1C(=O)c1ccc2c(c1)CC(C)(C)O2. The predicted octanol–water partition coefficient (Wildman–Crippen LogP) is 3.51. The van der Waals surface area contributed by atoms with E-state index in [0.717, 1.165) is 17.7 Å². The largest absolute Gasteiger partial charge is 0.487 e. The molecule has 2 aliphatic rings. The van der Waals surface area contributed by atoms with E-state index in [1.54, 1.807) is 0 Å². The van der Waals surface area contributed by atoms with Gasteiger partial charge in [0, 0.05) is 42.6 Å². The van der Waals surface area contributed by atoms with E-state index in [0.29, 0.717) is 18.7 Å². The summed E-state index contributed by atoms with van der Waals surface area (Å²) in [5, 5.41) is 0. The third-order valence-corrected chi connectivity index (χ3v) is 5.39. The third-order valence-electron chi connectivity index (χ3n) is 5.39. The first kappa shape index (κ1) is 19.7. The summed E-state index contributed by atoms with van der Waals surface area (Å²) in [5.41, 5.74) is 1.17. The second-order valence-corrected chi connectivity index (χ2v) is 9.73. The highest BCUT2D eigenvalue weighted by molar-refractivity contribution is 5.95. The van der Waals surface area contributed by atoms with Crippen molar-refractivity contribution in [3.63, 3.8) is 0 Å². The van der Waals surface area contributed by atoms with Crippen molar-refractivity contribution in [1.82, 2.24) is 9.80 Å². The van der Waals surface area contributed by atoms with Crippen molar-refractivity contribution < 1.29 is 14.3 Å². The molecule has 1 aromatic carbocycles. The molecule has 5 nitrogen and oxygen atoms in total. The zero-order valence-corrected chi connectivity index (χ0v) is 17.6. The van der Waals surface area contributed by atoms with Crippen molar-refractivity contribution in [3.05, 3.63) is 29.3 Å². The number of ether oxygens (including phenoxy) is 1. The summed E-state index contributed by atoms with van der Waals surface area (Å²) in [4.78, 5) is 29.7. The number of rotatable bonds is 1. The van der Waals surface area contributed by atoms with Gasteiger partial charge < -0.3 is 14.5 Å². The lowest BCUT2D eigenvalue weighted by Crippen LogP contribution is -2.61. The highest BCUT2D eigenvalue weighted by Crippen LogP contribution is 2.35. The van der Waals surface area contributed by atoms with Crippen LogP contribution in [0.4, 0.5) is 0 Å². The molecule has 0 saturated carbocycles. The Bertz CT molecular complexity index is 751. The van der Waals surface area contributed by atoms with Crippen LogP contribution in [0.5, 0.6) is 5.75 Å². The number of piperazine rings is 1. The number of hydrogen-bond acceptors (Lipinski definition) is 3. The average molecular weight is 373 g/mol. The molecule has 2 heterocycles. The van der Waals surface area contributed by atoms with Gasteiger partial charge >= 0.3 is 0 Å². The average Bonchev–Trinajstić information content (AvgIpc) is 2.85. The number of benzene rings is 1. The number of hydrogen-bond donors (Lipinski definition) is 0. The molecule has 0 spiro atoms. The maximum absolute atomic E-state index is 13.2. The van der Waals surface area contributed by atoms with Crippen LogP contribution in [0.25, 0.3) is 0 Å². The number of amides is 2. The Kier molecular flexibility index (Phi) is 4.77. The lowest BCUT2D eigenvalue weighted by molar-refractivity contribution is -0.143. The number of nitrogens with zero attached hydrogens (tertiary/aromatic N) is 2. The van der Waals surface area contributed by atoms with Crippen LogP contribution in [-0.4, -0.2) is 52.4 Å². The molecule has 1 fully saturated rings. The van der Waals surface area contributed by atoms with Crippen LogP contribution >= 0.6 is 0 Å². The molecule has 148 valence electrons. The van der Waals surface area contributed by atoms with Crippen LogP contribution in [0.2, 0.25) is 0 Å². The number of carbonyl (C=O) groups excluding carboxylic acids is 2. The Hall–Kier alpha value is -2.04. The van der Waals surface area contributed by atoms with Gasteiger partial charge in [-0.15, -0.1) is 0 Å². The minimum absolute atomic E-state index is 0.0199. The Balaban J connectivity index is 1.78. The molecule has 3 rings (SSSR count). The molecule has 1 aromatic rings. The normalized spacial score (nSPS) is 24.4. The summed E-state index contributed by atoms with van der Waals surface area (Å²) in [6.07, 6.45) is 0.808. The first-order chi connectivity index (χ1) is 12.4. The summed E-state index contributed by atoms with van der Waals surface area (Å²) in [7, 11) is 0. The van der Waals surface area contributed by atoms with E-state index in [9.17, 15) is 9.59 Å². The minimum atomic E-state index is -0.404. The molecule has 0 aromatic heterocycles. The van der Waals surface area contributed by atoms with Gasteiger partial charge in [-0.1, -0.05) is 20.8 Å². The smallest absolute Gasteiger partial charge is 0.254 e. The maximum Gasteiger partial charge on any atom is 0.254 e. The van der Waals surface area contributed by atoms with Crippen LogP contribution in [0.3, 0.4) is 0 Å². The van der Waals surface area contributed by atoms with Crippen molar-refractivity contribution in [1.29, 1.82) is 0 Å². The predicted molar refractivity (Wildman–Crippen MR) is 106 cm³/mol. The first-order valence-electron chi connectivity index (χ1n) is 9.83. The molecule has 27 heavy (non-hydrogen) atoms. The van der Waals surface area contributed by atoms with Crippen molar-refractivity contribution in [2.45, 2.75) is 72.6 Å². The Morgan fingerprint density at radius 1 is 1.11 bits per heavy atom. The van der Waals surface area contributed by atoms with Gasteiger partial charge in [-0.3, -0.25) is 9.59 Å². The van der Waals surface area contributed by atoms with E-state index in [1.165, 1.54) is 0 Å². The van der Waals surface area contributed by atoms with Gasteiger partial charge in [-0.25, -0.2) is 0 Å². The van der Waals surface area contributed by atoms with E-state index >= 15 is 0 Å². The van der Waals surface area contributed by atoms with E-state index in [1.807, 2.05) is 62.6 Å². The molecule has 0 bridgehead atoms. The fourth-order valence-electron chi connectivity index (χ4n) is 4.25. The van der Waals surface area contributed by atoms with E-state index in [4.69, 9.17) is 4.74 Å². The molecule has 0 N–H and O–H groups in total. The minimum Gasteiger partial charge on any atom is -0.487 e. The quantitative estimate of drug-likeness (QED) is 0.758. The van der Waals surface area contributed by atoms with E-state index in [-0.39, 0.29) is 29.5 Å². The second-order valence-electron chi connectivity index (χ2n) is 9.73. The zero-order chi connectivity index (χ0) is 20.1. The maximum atomic E-state index is 13.2. The van der Waals surface area contributed by atoms with Crippen molar-refractivity contribution in [3.8, 4) is 5.75 Å². The summed E-state index contributed by atoms with van der Waals surface area (Å²) >= 11 is 0. The third kappa shape index (κ3) is 3.83. The molecule has 2 atom stereocenters. The summed E-state index contributed by atoms with van der Waals surface area (Å²) in [6.45, 7) is 15.1. The second kappa shape index (κ2) is 6.54. The molecular formula is C22H32N2O3. The molecule has 0 radical (unpaired) electrons. The lowest BCUT2D eigenvalue weighted by Gasteiger charge is -2.46. The van der Waals surface area contributed by atoms with Gasteiger partial charge in [0.25, 0.3) is 5.91 Å². The van der Waals surface area contributed by atoms with Crippen LogP contribution < -0.4 is 4.74 Å². The first-order valence-corrected chi connectivity index (χ1v) is 9.83. The van der Waals surface area contributed by atoms with Crippen molar-refractivity contribution in [2.75, 3.05) is 13.1 Å². The molecule has 1 saturated heterocycles. The fourth-order valence-corrected chi connectivity index (χ4v) is 4.25. The number of carbonyl (C=O) groups is 2. The summed E-state index contributed by atoms with van der Waals surface area (Å²) in [6, 6.07) is 5.70. The van der Waals surface area contributed by atoms with Gasteiger partial charge in [0.1, 0.15) is 11.4 Å². The van der Waals surface area contributed by atoms with Gasteiger partial charge in [-0.2, -0.15) is 0 Å². The van der Waals surface area contributed by atoms with E-state index < -0.39 is 5.41 Å². The number of fused-ring (bicyclic) bond motifs is 1. The van der Waals surface area contributed by atoms with Crippen LogP contribution in [-0.2, 0) is 11.2 Å².